The van der Waals surface area contributed by atoms with E-state index in [4.69, 9.17) is 27.9 Å². The summed E-state index contributed by atoms with van der Waals surface area (Å²) in [6, 6.07) is 11.8. The number of para-hydroxylation sites is 1. The fraction of sp³-hybridized carbons (Fsp3) is 0.143. The third kappa shape index (κ3) is 2.95. The van der Waals surface area contributed by atoms with Crippen LogP contribution in [0.25, 0.3) is 0 Å². The van der Waals surface area contributed by atoms with Crippen LogP contribution in [0.1, 0.15) is 11.1 Å². The molecule has 0 aliphatic rings. The van der Waals surface area contributed by atoms with Crippen LogP contribution in [0.2, 0.25) is 5.02 Å². The second-order valence-electron chi connectivity index (χ2n) is 3.74. The molecule has 0 fully saturated rings. The van der Waals surface area contributed by atoms with E-state index in [0.717, 1.165) is 5.56 Å². The highest BCUT2D eigenvalue weighted by atomic mass is 35.5. The fourth-order valence-electron chi connectivity index (χ4n) is 1.59. The Bertz CT molecular complexity index is 543. The van der Waals surface area contributed by atoms with Gasteiger partial charge in [0.1, 0.15) is 18.2 Å². The molecule has 0 saturated heterocycles. The topological polar surface area (TPSA) is 9.23 Å². The summed E-state index contributed by atoms with van der Waals surface area (Å²) in [5.74, 6) is 0.516. The summed E-state index contributed by atoms with van der Waals surface area (Å²) in [7, 11) is 0. The quantitative estimate of drug-likeness (QED) is 0.733. The molecule has 0 bridgehead atoms. The zero-order valence-electron chi connectivity index (χ0n) is 9.50. The number of alkyl halides is 1. The Morgan fingerprint density at radius 2 is 1.72 bits per heavy atom. The van der Waals surface area contributed by atoms with Crippen molar-refractivity contribution < 1.29 is 9.13 Å². The van der Waals surface area contributed by atoms with Crippen LogP contribution in [0, 0.1) is 5.82 Å². The zero-order chi connectivity index (χ0) is 13.0. The zero-order valence-corrected chi connectivity index (χ0v) is 11.0. The van der Waals surface area contributed by atoms with Gasteiger partial charge in [0.15, 0.2) is 0 Å². The Morgan fingerprint density at radius 3 is 2.44 bits per heavy atom. The Kier molecular flexibility index (Phi) is 4.45. The van der Waals surface area contributed by atoms with Crippen LogP contribution < -0.4 is 4.74 Å². The van der Waals surface area contributed by atoms with Gasteiger partial charge in [0.25, 0.3) is 0 Å². The predicted octanol–water partition coefficient (Wildman–Crippen LogP) is 4.80. The van der Waals surface area contributed by atoms with Crippen molar-refractivity contribution in [1.29, 1.82) is 0 Å². The van der Waals surface area contributed by atoms with Gasteiger partial charge < -0.3 is 4.74 Å². The van der Waals surface area contributed by atoms with Crippen molar-refractivity contribution in [3.05, 3.63) is 64.4 Å². The van der Waals surface area contributed by atoms with Gasteiger partial charge in [0.2, 0.25) is 0 Å². The monoisotopic (exact) mass is 284 g/mol. The van der Waals surface area contributed by atoms with Crippen molar-refractivity contribution in [1.82, 2.24) is 0 Å². The van der Waals surface area contributed by atoms with E-state index in [-0.39, 0.29) is 12.4 Å². The second kappa shape index (κ2) is 6.07. The smallest absolute Gasteiger partial charge is 0.142 e. The molecule has 0 aliphatic heterocycles. The minimum atomic E-state index is -0.294. The molecule has 2 aromatic carbocycles. The Labute approximate surface area is 115 Å². The molecule has 0 aromatic heterocycles. The molecule has 2 rings (SSSR count). The van der Waals surface area contributed by atoms with Crippen molar-refractivity contribution in [3.8, 4) is 5.75 Å². The lowest BCUT2D eigenvalue weighted by atomic mass is 10.2. The summed E-state index contributed by atoms with van der Waals surface area (Å²) in [4.78, 5) is 0. The maximum absolute atomic E-state index is 13.4. The van der Waals surface area contributed by atoms with Crippen LogP contribution in [0.5, 0.6) is 5.75 Å². The molecule has 1 nitrogen and oxygen atoms in total. The lowest BCUT2D eigenvalue weighted by Crippen LogP contribution is -2.00. The molecule has 4 heteroatoms. The third-order valence-electron chi connectivity index (χ3n) is 2.52. The van der Waals surface area contributed by atoms with Crippen molar-refractivity contribution in [2.24, 2.45) is 0 Å². The van der Waals surface area contributed by atoms with Gasteiger partial charge in [-0.2, -0.15) is 0 Å². The Hall–Kier alpha value is -1.25. The number of halogens is 3. The average Bonchev–Trinajstić information content (AvgIpc) is 2.39. The molecular weight excluding hydrogens is 274 g/mol. The van der Waals surface area contributed by atoms with E-state index < -0.39 is 0 Å². The van der Waals surface area contributed by atoms with Gasteiger partial charge in [-0.05, 0) is 12.1 Å². The standard InChI is InChI=1S/C14H11Cl2FO/c15-8-10-5-3-6-12(16)14(10)18-9-11-4-1-2-7-13(11)17/h1-7H,8-9H2. The van der Waals surface area contributed by atoms with Crippen LogP contribution in [-0.2, 0) is 12.5 Å². The fourth-order valence-corrected chi connectivity index (χ4v) is 2.04. The molecule has 0 aliphatic carbocycles. The molecule has 0 heterocycles. The van der Waals surface area contributed by atoms with Crippen molar-refractivity contribution in [2.75, 3.05) is 0 Å². The van der Waals surface area contributed by atoms with Crippen molar-refractivity contribution in [3.63, 3.8) is 0 Å². The highest BCUT2D eigenvalue weighted by Crippen LogP contribution is 2.30. The number of rotatable bonds is 4. The summed E-state index contributed by atoms with van der Waals surface area (Å²) in [6.45, 7) is 0.125. The van der Waals surface area contributed by atoms with Gasteiger partial charge in [-0.1, -0.05) is 41.9 Å². The molecular formula is C14H11Cl2FO. The molecule has 0 atom stereocenters. The first-order valence-corrected chi connectivity index (χ1v) is 6.33. The Morgan fingerprint density at radius 1 is 1.00 bits per heavy atom. The molecule has 0 unspecified atom stereocenters. The summed E-state index contributed by atoms with van der Waals surface area (Å²) < 4.78 is 19.0. The molecule has 18 heavy (non-hydrogen) atoms. The molecule has 0 spiro atoms. The SMILES string of the molecule is Fc1ccccc1COc1c(Cl)cccc1CCl. The molecule has 94 valence electrons. The minimum absolute atomic E-state index is 0.125. The summed E-state index contributed by atoms with van der Waals surface area (Å²) >= 11 is 11.8. The van der Waals surface area contributed by atoms with E-state index in [1.807, 2.05) is 6.07 Å². The van der Waals surface area contributed by atoms with Crippen LogP contribution >= 0.6 is 23.2 Å². The average molecular weight is 285 g/mol. The first-order valence-electron chi connectivity index (χ1n) is 5.42. The van der Waals surface area contributed by atoms with E-state index >= 15 is 0 Å². The van der Waals surface area contributed by atoms with E-state index in [1.54, 1.807) is 30.3 Å². The van der Waals surface area contributed by atoms with E-state index in [1.165, 1.54) is 6.07 Å². The van der Waals surface area contributed by atoms with E-state index in [9.17, 15) is 4.39 Å². The number of benzene rings is 2. The molecule has 0 amide bonds. The van der Waals surface area contributed by atoms with Crippen LogP contribution in [-0.4, -0.2) is 0 Å². The first-order chi connectivity index (χ1) is 8.72. The van der Waals surface area contributed by atoms with Gasteiger partial charge in [-0.3, -0.25) is 0 Å². The second-order valence-corrected chi connectivity index (χ2v) is 4.42. The molecule has 2 aromatic rings. The molecule has 0 saturated carbocycles. The van der Waals surface area contributed by atoms with Gasteiger partial charge >= 0.3 is 0 Å². The maximum atomic E-state index is 13.4. The van der Waals surface area contributed by atoms with Crippen LogP contribution in [0.15, 0.2) is 42.5 Å². The molecule has 0 N–H and O–H groups in total. The normalized spacial score (nSPS) is 10.4. The number of hydrogen-bond acceptors (Lipinski definition) is 1. The van der Waals surface area contributed by atoms with Gasteiger partial charge in [0.05, 0.1) is 10.9 Å². The number of hydrogen-bond donors (Lipinski definition) is 0. The van der Waals surface area contributed by atoms with Gasteiger partial charge in [-0.25, -0.2) is 4.39 Å². The van der Waals surface area contributed by atoms with Gasteiger partial charge in [-0.15, -0.1) is 11.6 Å². The van der Waals surface area contributed by atoms with Crippen molar-refractivity contribution in [2.45, 2.75) is 12.5 Å². The highest BCUT2D eigenvalue weighted by molar-refractivity contribution is 6.32. The lowest BCUT2D eigenvalue weighted by Gasteiger charge is -2.12. The van der Waals surface area contributed by atoms with Crippen molar-refractivity contribution >= 4 is 23.2 Å². The summed E-state index contributed by atoms with van der Waals surface area (Å²) in [5, 5.41) is 0.476. The van der Waals surface area contributed by atoms with E-state index in [0.29, 0.717) is 22.2 Å². The number of ether oxygens (including phenoxy) is 1. The first kappa shape index (κ1) is 13.2. The van der Waals surface area contributed by atoms with Crippen LogP contribution in [0.4, 0.5) is 4.39 Å². The summed E-state index contributed by atoms with van der Waals surface area (Å²) in [5.41, 5.74) is 1.28. The maximum Gasteiger partial charge on any atom is 0.142 e. The van der Waals surface area contributed by atoms with Gasteiger partial charge in [0, 0.05) is 11.1 Å². The largest absolute Gasteiger partial charge is 0.487 e. The van der Waals surface area contributed by atoms with E-state index in [2.05, 4.69) is 0 Å². The predicted molar refractivity (Wildman–Crippen MR) is 71.7 cm³/mol. The molecule has 0 radical (unpaired) electrons. The lowest BCUT2D eigenvalue weighted by molar-refractivity contribution is 0.298. The highest BCUT2D eigenvalue weighted by Gasteiger charge is 2.09. The minimum Gasteiger partial charge on any atom is -0.487 e. The summed E-state index contributed by atoms with van der Waals surface area (Å²) in [6.07, 6.45) is 0. The van der Waals surface area contributed by atoms with Crippen LogP contribution in [0.3, 0.4) is 0 Å². The third-order valence-corrected chi connectivity index (χ3v) is 3.11. The Balaban J connectivity index is 2.18.